The quantitative estimate of drug-likeness (QED) is 0.192. The van der Waals surface area contributed by atoms with Gasteiger partial charge in [0.25, 0.3) is 23.6 Å². The van der Waals surface area contributed by atoms with Gasteiger partial charge in [-0.2, -0.15) is 10.1 Å². The summed E-state index contributed by atoms with van der Waals surface area (Å²) in [6.45, 7) is 0. The summed E-state index contributed by atoms with van der Waals surface area (Å²) in [6, 6.07) is 14.7. The minimum atomic E-state index is -1.64. The van der Waals surface area contributed by atoms with Crippen molar-refractivity contribution in [1.82, 2.24) is 10.1 Å². The number of benzene rings is 3. The minimum Gasteiger partial charge on any atom is -0.503 e. The lowest BCUT2D eigenvalue weighted by atomic mass is 9.49. The number of hydrogen-bond acceptors (Lipinski definition) is 8. The van der Waals surface area contributed by atoms with Crippen molar-refractivity contribution >= 4 is 52.5 Å². The monoisotopic (exact) mass is 665 g/mol. The molecule has 3 fully saturated rings. The number of ether oxygens (including phenoxy) is 1. The number of rotatable bonds is 5. The van der Waals surface area contributed by atoms with E-state index >= 15 is 4.79 Å². The average molecular weight is 666 g/mol. The van der Waals surface area contributed by atoms with Gasteiger partial charge in [0.2, 0.25) is 0 Å². The number of phenols is 1. The number of hydrogen-bond donors (Lipinski definition) is 3. The maximum absolute atomic E-state index is 15.0. The van der Waals surface area contributed by atoms with Crippen molar-refractivity contribution in [3.8, 4) is 11.5 Å². The van der Waals surface area contributed by atoms with Gasteiger partial charge in [0.05, 0.1) is 41.0 Å². The summed E-state index contributed by atoms with van der Waals surface area (Å²) in [6.07, 6.45) is 1.91. The second-order valence-corrected chi connectivity index (χ2v) is 12.8. The lowest BCUT2D eigenvalue weighted by Crippen LogP contribution is -2.53. The van der Waals surface area contributed by atoms with Gasteiger partial charge >= 0.3 is 0 Å². The first-order valence-electron chi connectivity index (χ1n) is 14.5. The van der Waals surface area contributed by atoms with E-state index in [9.17, 15) is 29.1 Å². The molecular formula is C33H26Cl2FN3O7. The highest BCUT2D eigenvalue weighted by Crippen LogP contribution is 2.64. The molecule has 0 radical (unpaired) electrons. The molecule has 3 N–H and O–H groups in total. The number of nitrogens with one attached hydrogen (secondary N) is 1. The summed E-state index contributed by atoms with van der Waals surface area (Å²) in [5.41, 5.74) is 2.98. The predicted molar refractivity (Wildman–Crippen MR) is 162 cm³/mol. The highest BCUT2D eigenvalue weighted by molar-refractivity contribution is 6.32. The van der Waals surface area contributed by atoms with Gasteiger partial charge in [-0.15, -0.1) is 0 Å². The SMILES string of the molecule is COc1cc(C2C3=CCC4C(=O)N(O)C(=O)C4C3CC3C(=O)N(Nc4ccc(F)cc4)C(=O)C32c2ccc(Cl)cc2)cc(Cl)c1O. The molecule has 0 spiro atoms. The summed E-state index contributed by atoms with van der Waals surface area (Å²) < 4.78 is 19.1. The molecule has 7 rings (SSSR count). The normalized spacial score (nSPS) is 28.5. The van der Waals surface area contributed by atoms with Gasteiger partial charge in [-0.3, -0.25) is 29.8 Å². The van der Waals surface area contributed by atoms with E-state index in [-0.39, 0.29) is 40.1 Å². The lowest BCUT2D eigenvalue weighted by molar-refractivity contribution is -0.173. The van der Waals surface area contributed by atoms with E-state index in [0.717, 1.165) is 5.01 Å². The number of hydrazine groups is 1. The van der Waals surface area contributed by atoms with Crippen molar-refractivity contribution in [1.29, 1.82) is 0 Å². The van der Waals surface area contributed by atoms with Crippen LogP contribution in [0.15, 0.2) is 72.3 Å². The summed E-state index contributed by atoms with van der Waals surface area (Å²) in [7, 11) is 1.35. The highest BCUT2D eigenvalue weighted by Gasteiger charge is 2.70. The van der Waals surface area contributed by atoms with Crippen LogP contribution in [0.1, 0.15) is 29.9 Å². The molecule has 0 bridgehead atoms. The third kappa shape index (κ3) is 4.18. The number of allylic oxidation sites excluding steroid dienone is 2. The van der Waals surface area contributed by atoms with E-state index in [1.807, 2.05) is 0 Å². The molecule has 10 nitrogen and oxygen atoms in total. The van der Waals surface area contributed by atoms with Crippen molar-refractivity contribution in [2.24, 2.45) is 23.7 Å². The number of amides is 4. The van der Waals surface area contributed by atoms with Crippen molar-refractivity contribution in [3.63, 3.8) is 0 Å². The first-order chi connectivity index (χ1) is 22.0. The van der Waals surface area contributed by atoms with Crippen LogP contribution in [-0.2, 0) is 24.6 Å². The van der Waals surface area contributed by atoms with Crippen LogP contribution in [-0.4, -0.2) is 51.1 Å². The van der Waals surface area contributed by atoms with E-state index in [2.05, 4.69) is 5.43 Å². The molecule has 1 saturated carbocycles. The molecule has 2 aliphatic heterocycles. The number of hydroxylamine groups is 2. The molecule has 3 aromatic rings. The molecule has 0 aromatic heterocycles. The Morgan fingerprint density at radius 2 is 1.65 bits per heavy atom. The zero-order valence-corrected chi connectivity index (χ0v) is 25.6. The molecule has 2 heterocycles. The molecule has 6 atom stereocenters. The lowest BCUT2D eigenvalue weighted by Gasteiger charge is -2.50. The molecule has 3 aromatic carbocycles. The van der Waals surface area contributed by atoms with Gasteiger partial charge in [0.15, 0.2) is 11.5 Å². The third-order valence-corrected chi connectivity index (χ3v) is 10.4. The topological polar surface area (TPSA) is 136 Å². The zero-order valence-electron chi connectivity index (χ0n) is 24.1. The van der Waals surface area contributed by atoms with E-state index in [0.29, 0.717) is 21.7 Å². The van der Waals surface area contributed by atoms with Gasteiger partial charge in [-0.25, -0.2) is 4.39 Å². The third-order valence-electron chi connectivity index (χ3n) is 9.84. The van der Waals surface area contributed by atoms with Gasteiger partial charge in [-0.1, -0.05) is 47.0 Å². The number of imide groups is 2. The Hall–Kier alpha value is -4.45. The van der Waals surface area contributed by atoms with Crippen LogP contribution >= 0.6 is 23.2 Å². The van der Waals surface area contributed by atoms with Crippen LogP contribution in [0.4, 0.5) is 10.1 Å². The number of carbonyl (C=O) groups excluding carboxylic acids is 4. The Balaban J connectivity index is 1.50. The molecule has 4 amide bonds. The Kier molecular flexibility index (Phi) is 7.11. The van der Waals surface area contributed by atoms with Crippen LogP contribution in [0.3, 0.4) is 0 Å². The first kappa shape index (κ1) is 30.2. The molecule has 46 heavy (non-hydrogen) atoms. The second kappa shape index (κ2) is 10.8. The summed E-state index contributed by atoms with van der Waals surface area (Å²) in [5, 5.41) is 22.3. The second-order valence-electron chi connectivity index (χ2n) is 11.9. The van der Waals surface area contributed by atoms with Crippen molar-refractivity contribution < 1.29 is 38.6 Å². The molecule has 236 valence electrons. The maximum atomic E-state index is 15.0. The maximum Gasteiger partial charge on any atom is 0.260 e. The Bertz CT molecular complexity index is 1850. The number of phenolic OH excluding ortho intramolecular Hbond substituents is 1. The molecular weight excluding hydrogens is 640 g/mol. The number of carbonyl (C=O) groups is 4. The van der Waals surface area contributed by atoms with Crippen LogP contribution in [0.5, 0.6) is 11.5 Å². The fourth-order valence-corrected chi connectivity index (χ4v) is 8.27. The molecule has 6 unspecified atom stereocenters. The number of fused-ring (bicyclic) bond motifs is 4. The van der Waals surface area contributed by atoms with Gasteiger partial charge < -0.3 is 9.84 Å². The predicted octanol–water partition coefficient (Wildman–Crippen LogP) is 5.22. The number of methoxy groups -OCH3 is 1. The molecule has 2 saturated heterocycles. The molecule has 4 aliphatic rings. The zero-order chi connectivity index (χ0) is 32.7. The van der Waals surface area contributed by atoms with Crippen LogP contribution in [0.25, 0.3) is 0 Å². The smallest absolute Gasteiger partial charge is 0.260 e. The standard InChI is InChI=1S/C33H26Cl2FN3O7/c1-46-25-13-15(12-24(35)28(25)40)27-20-10-11-21-26(31(43)39(45)29(21)41)22(20)14-23-30(42)38(37-19-8-6-18(36)7-9-19)32(44)33(23,27)16-2-4-17(34)5-3-16/h2-10,12-13,21-23,26-27,37,40,45H,11,14H2,1H3. The summed E-state index contributed by atoms with van der Waals surface area (Å²) >= 11 is 12.8. The van der Waals surface area contributed by atoms with Crippen LogP contribution in [0.2, 0.25) is 10.0 Å². The molecule has 2 aliphatic carbocycles. The van der Waals surface area contributed by atoms with E-state index in [1.54, 1.807) is 30.3 Å². The van der Waals surface area contributed by atoms with Crippen molar-refractivity contribution in [2.45, 2.75) is 24.2 Å². The number of anilines is 1. The van der Waals surface area contributed by atoms with Crippen molar-refractivity contribution in [2.75, 3.05) is 12.5 Å². The van der Waals surface area contributed by atoms with Gasteiger partial charge in [0, 0.05) is 10.9 Å². The average Bonchev–Trinajstić information content (AvgIpc) is 3.40. The summed E-state index contributed by atoms with van der Waals surface area (Å²) in [4.78, 5) is 55.7. The number of halogens is 3. The largest absolute Gasteiger partial charge is 0.503 e. The van der Waals surface area contributed by atoms with Gasteiger partial charge in [-0.05, 0) is 78.4 Å². The minimum absolute atomic E-state index is 0.00585. The fourth-order valence-electron chi connectivity index (χ4n) is 7.93. The molecule has 13 heteroatoms. The fraction of sp³-hybridized carbons (Fsp3) is 0.273. The number of aromatic hydroxyl groups is 1. The number of nitrogens with zero attached hydrogens (tertiary/aromatic N) is 2. The first-order valence-corrected chi connectivity index (χ1v) is 15.2. The Labute approximate surface area is 271 Å². The van der Waals surface area contributed by atoms with Crippen molar-refractivity contribution in [3.05, 3.63) is 99.3 Å². The van der Waals surface area contributed by atoms with E-state index in [1.165, 1.54) is 43.5 Å². The Morgan fingerprint density at radius 3 is 2.33 bits per heavy atom. The highest BCUT2D eigenvalue weighted by atomic mass is 35.5. The van der Waals surface area contributed by atoms with E-state index in [4.69, 9.17) is 27.9 Å². The van der Waals surface area contributed by atoms with E-state index < -0.39 is 64.5 Å². The van der Waals surface area contributed by atoms with Crippen LogP contribution in [0, 0.1) is 29.5 Å². The van der Waals surface area contributed by atoms with Crippen LogP contribution < -0.4 is 10.2 Å². The van der Waals surface area contributed by atoms with Gasteiger partial charge in [0.1, 0.15) is 5.82 Å². The summed E-state index contributed by atoms with van der Waals surface area (Å²) in [5.74, 6) is -8.12. The Morgan fingerprint density at radius 1 is 0.957 bits per heavy atom.